The number of H-pyrrole nitrogens is 1. The van der Waals surface area contributed by atoms with Gasteiger partial charge in [-0.05, 0) is 24.8 Å². The molecule has 4 heteroatoms. The fourth-order valence-corrected chi connectivity index (χ4v) is 2.54. The summed E-state index contributed by atoms with van der Waals surface area (Å²) in [6.07, 6.45) is 5.37. The van der Waals surface area contributed by atoms with E-state index in [0.717, 1.165) is 16.5 Å². The van der Waals surface area contributed by atoms with Crippen LogP contribution in [0.3, 0.4) is 0 Å². The number of para-hydroxylation sites is 1. The SMILES string of the molecule is CC=CN[C@H](C(=O)O)C(C)(C)c1c[nH]c2ccccc12. The number of fused-ring (bicyclic) bond motifs is 1. The van der Waals surface area contributed by atoms with Gasteiger partial charge in [0.1, 0.15) is 6.04 Å². The molecule has 1 atom stereocenters. The fourth-order valence-electron chi connectivity index (χ4n) is 2.54. The summed E-state index contributed by atoms with van der Waals surface area (Å²) in [5, 5.41) is 13.5. The Balaban J connectivity index is 2.48. The predicted molar refractivity (Wildman–Crippen MR) is 80.7 cm³/mol. The number of aromatic nitrogens is 1. The number of benzene rings is 1. The Morgan fingerprint density at radius 1 is 1.40 bits per heavy atom. The second-order valence-electron chi connectivity index (χ2n) is 5.41. The minimum Gasteiger partial charge on any atom is -0.480 e. The van der Waals surface area contributed by atoms with Crippen molar-refractivity contribution in [3.63, 3.8) is 0 Å². The fraction of sp³-hybridized carbons (Fsp3) is 0.312. The maximum absolute atomic E-state index is 11.6. The zero-order valence-electron chi connectivity index (χ0n) is 12.0. The number of aromatic amines is 1. The van der Waals surface area contributed by atoms with Gasteiger partial charge in [-0.1, -0.05) is 38.1 Å². The molecule has 20 heavy (non-hydrogen) atoms. The lowest BCUT2D eigenvalue weighted by molar-refractivity contribution is -0.140. The molecule has 4 nitrogen and oxygen atoms in total. The van der Waals surface area contributed by atoms with Gasteiger partial charge in [0.25, 0.3) is 0 Å². The number of aliphatic carboxylic acids is 1. The summed E-state index contributed by atoms with van der Waals surface area (Å²) in [7, 11) is 0. The molecule has 0 unspecified atom stereocenters. The molecule has 106 valence electrons. The second-order valence-corrected chi connectivity index (χ2v) is 5.41. The van der Waals surface area contributed by atoms with Gasteiger partial charge >= 0.3 is 5.97 Å². The van der Waals surface area contributed by atoms with E-state index in [4.69, 9.17) is 0 Å². The van der Waals surface area contributed by atoms with Crippen LogP contribution in [-0.2, 0) is 10.2 Å². The number of hydrogen-bond donors (Lipinski definition) is 3. The van der Waals surface area contributed by atoms with Crippen LogP contribution in [0.4, 0.5) is 0 Å². The molecule has 0 aliphatic carbocycles. The summed E-state index contributed by atoms with van der Waals surface area (Å²) in [4.78, 5) is 14.8. The lowest BCUT2D eigenvalue weighted by Crippen LogP contribution is -2.48. The molecule has 0 radical (unpaired) electrons. The molecule has 1 aromatic carbocycles. The van der Waals surface area contributed by atoms with E-state index in [1.165, 1.54) is 0 Å². The van der Waals surface area contributed by atoms with Crippen molar-refractivity contribution in [3.8, 4) is 0 Å². The lowest BCUT2D eigenvalue weighted by atomic mass is 9.77. The van der Waals surface area contributed by atoms with E-state index in [1.807, 2.05) is 51.2 Å². The highest BCUT2D eigenvalue weighted by atomic mass is 16.4. The highest BCUT2D eigenvalue weighted by Crippen LogP contribution is 2.33. The summed E-state index contributed by atoms with van der Waals surface area (Å²) < 4.78 is 0. The van der Waals surface area contributed by atoms with Crippen molar-refractivity contribution >= 4 is 16.9 Å². The molecule has 2 rings (SSSR count). The van der Waals surface area contributed by atoms with Gasteiger partial charge in [-0.15, -0.1) is 0 Å². The van der Waals surface area contributed by atoms with Gasteiger partial charge < -0.3 is 15.4 Å². The molecule has 0 fully saturated rings. The second kappa shape index (κ2) is 5.41. The van der Waals surface area contributed by atoms with Gasteiger partial charge in [-0.2, -0.15) is 0 Å². The van der Waals surface area contributed by atoms with Gasteiger partial charge in [0.2, 0.25) is 0 Å². The number of carboxylic acids is 1. The van der Waals surface area contributed by atoms with E-state index in [1.54, 1.807) is 12.3 Å². The molecule has 0 amide bonds. The van der Waals surface area contributed by atoms with Crippen LogP contribution in [0.2, 0.25) is 0 Å². The Labute approximate surface area is 118 Å². The molecule has 3 N–H and O–H groups in total. The van der Waals surface area contributed by atoms with Crippen molar-refractivity contribution in [1.82, 2.24) is 10.3 Å². The number of nitrogens with one attached hydrogen (secondary N) is 2. The summed E-state index contributed by atoms with van der Waals surface area (Å²) in [5.74, 6) is -0.863. The first-order valence-electron chi connectivity index (χ1n) is 6.65. The summed E-state index contributed by atoms with van der Waals surface area (Å²) in [6.45, 7) is 5.74. The highest BCUT2D eigenvalue weighted by Gasteiger charge is 2.37. The van der Waals surface area contributed by atoms with Crippen molar-refractivity contribution in [3.05, 3.63) is 48.3 Å². The van der Waals surface area contributed by atoms with E-state index >= 15 is 0 Å². The number of carbonyl (C=O) groups is 1. The van der Waals surface area contributed by atoms with Crippen LogP contribution in [-0.4, -0.2) is 22.1 Å². The van der Waals surface area contributed by atoms with Crippen molar-refractivity contribution in [2.24, 2.45) is 0 Å². The summed E-state index contributed by atoms with van der Waals surface area (Å²) in [5.41, 5.74) is 1.47. The van der Waals surface area contributed by atoms with Crippen molar-refractivity contribution < 1.29 is 9.90 Å². The third-order valence-electron chi connectivity index (χ3n) is 3.68. The lowest BCUT2D eigenvalue weighted by Gasteiger charge is -2.31. The van der Waals surface area contributed by atoms with Gasteiger partial charge in [-0.3, -0.25) is 0 Å². The van der Waals surface area contributed by atoms with Crippen LogP contribution in [0.15, 0.2) is 42.7 Å². The number of allylic oxidation sites excluding steroid dienone is 1. The standard InChI is InChI=1S/C16H20N2O2/c1-4-9-17-14(15(19)20)16(2,3)12-10-18-13-8-6-5-7-11(12)13/h4-10,14,17-18H,1-3H3,(H,19,20)/t14-/m1/s1. The predicted octanol–water partition coefficient (Wildman–Crippen LogP) is 3.02. The first-order chi connectivity index (χ1) is 9.48. The number of rotatable bonds is 5. The number of hydrogen-bond acceptors (Lipinski definition) is 2. The summed E-state index contributed by atoms with van der Waals surface area (Å²) >= 11 is 0. The van der Waals surface area contributed by atoms with Gasteiger partial charge in [-0.25, -0.2) is 4.79 Å². The van der Waals surface area contributed by atoms with Crippen LogP contribution in [0.5, 0.6) is 0 Å². The molecule has 1 heterocycles. The van der Waals surface area contributed by atoms with Crippen LogP contribution in [0.25, 0.3) is 10.9 Å². The van der Waals surface area contributed by atoms with Crippen LogP contribution in [0, 0.1) is 0 Å². The topological polar surface area (TPSA) is 65.1 Å². The first kappa shape index (κ1) is 14.2. The first-order valence-corrected chi connectivity index (χ1v) is 6.65. The molecule has 0 aliphatic heterocycles. The quantitative estimate of drug-likeness (QED) is 0.784. The third-order valence-corrected chi connectivity index (χ3v) is 3.68. The molecule has 0 spiro atoms. The van der Waals surface area contributed by atoms with E-state index in [0.29, 0.717) is 0 Å². The Morgan fingerprint density at radius 2 is 2.10 bits per heavy atom. The van der Waals surface area contributed by atoms with E-state index in [9.17, 15) is 9.90 Å². The smallest absolute Gasteiger partial charge is 0.327 e. The monoisotopic (exact) mass is 272 g/mol. The van der Waals surface area contributed by atoms with Crippen molar-refractivity contribution in [2.75, 3.05) is 0 Å². The zero-order chi connectivity index (χ0) is 14.8. The van der Waals surface area contributed by atoms with E-state index in [2.05, 4.69) is 10.3 Å². The van der Waals surface area contributed by atoms with Crippen LogP contribution >= 0.6 is 0 Å². The van der Waals surface area contributed by atoms with Crippen LogP contribution in [0.1, 0.15) is 26.3 Å². The van der Waals surface area contributed by atoms with E-state index in [-0.39, 0.29) is 0 Å². The minimum atomic E-state index is -0.863. The van der Waals surface area contributed by atoms with Crippen molar-refractivity contribution in [2.45, 2.75) is 32.2 Å². The molecule has 2 aromatic rings. The minimum absolute atomic E-state index is 0.551. The Morgan fingerprint density at radius 3 is 2.75 bits per heavy atom. The zero-order valence-corrected chi connectivity index (χ0v) is 12.0. The summed E-state index contributed by atoms with van der Waals surface area (Å²) in [6, 6.07) is 7.23. The molecule has 0 bridgehead atoms. The molecular weight excluding hydrogens is 252 g/mol. The number of carboxylic acid groups (broad SMARTS) is 1. The average Bonchev–Trinajstić information content (AvgIpc) is 2.83. The maximum Gasteiger partial charge on any atom is 0.327 e. The maximum atomic E-state index is 11.6. The Hall–Kier alpha value is -2.23. The van der Waals surface area contributed by atoms with Gasteiger partial charge in [0.15, 0.2) is 0 Å². The third kappa shape index (κ3) is 2.41. The largest absolute Gasteiger partial charge is 0.480 e. The molecule has 0 saturated carbocycles. The molecule has 0 aliphatic rings. The highest BCUT2D eigenvalue weighted by molar-refractivity contribution is 5.86. The van der Waals surface area contributed by atoms with Crippen LogP contribution < -0.4 is 5.32 Å². The van der Waals surface area contributed by atoms with Gasteiger partial charge in [0, 0.05) is 22.5 Å². The average molecular weight is 272 g/mol. The molecule has 0 saturated heterocycles. The van der Waals surface area contributed by atoms with Gasteiger partial charge in [0.05, 0.1) is 0 Å². The van der Waals surface area contributed by atoms with E-state index < -0.39 is 17.4 Å². The Kier molecular flexibility index (Phi) is 3.84. The molecular formula is C16H20N2O2. The van der Waals surface area contributed by atoms with Crippen molar-refractivity contribution in [1.29, 1.82) is 0 Å². The normalized spacial score (nSPS) is 13.8. The molecule has 1 aromatic heterocycles. The Bertz CT molecular complexity index is 641.